The van der Waals surface area contributed by atoms with Gasteiger partial charge in [0.1, 0.15) is 5.69 Å². The molecule has 0 aliphatic heterocycles. The molecule has 0 spiro atoms. The van der Waals surface area contributed by atoms with E-state index in [1.165, 1.54) is 7.11 Å². The van der Waals surface area contributed by atoms with Crippen molar-refractivity contribution >= 4 is 16.8 Å². The smallest absolute Gasteiger partial charge is 0.271 e. The summed E-state index contributed by atoms with van der Waals surface area (Å²) in [6.45, 7) is 0. The molecule has 82 valence electrons. The van der Waals surface area contributed by atoms with Crippen LogP contribution in [0.3, 0.4) is 0 Å². The molecule has 4 nitrogen and oxygen atoms in total. The first-order valence-corrected chi connectivity index (χ1v) is 4.11. The van der Waals surface area contributed by atoms with Gasteiger partial charge < -0.3 is 9.84 Å². The van der Waals surface area contributed by atoms with Gasteiger partial charge in [0.15, 0.2) is 5.75 Å². The Kier molecular flexibility index (Phi) is 3.41. The highest BCUT2D eigenvalue weighted by molar-refractivity contribution is 6.67. The molecule has 0 radical (unpaired) electrons. The van der Waals surface area contributed by atoms with Gasteiger partial charge in [0.05, 0.1) is 12.7 Å². The number of carbonyl (C=O) groups is 1. The summed E-state index contributed by atoms with van der Waals surface area (Å²) in [7, 11) is 1.17. The molecular formula is C8H6ClF2NO3. The number of rotatable bonds is 3. The molecule has 0 bridgehead atoms. The van der Waals surface area contributed by atoms with E-state index in [2.05, 4.69) is 9.72 Å². The second-order valence-corrected chi connectivity index (χ2v) is 2.87. The second kappa shape index (κ2) is 4.39. The van der Waals surface area contributed by atoms with Gasteiger partial charge >= 0.3 is 0 Å². The first-order chi connectivity index (χ1) is 6.97. The van der Waals surface area contributed by atoms with Crippen LogP contribution in [0, 0.1) is 0 Å². The van der Waals surface area contributed by atoms with Crippen LogP contribution in [0.4, 0.5) is 8.78 Å². The van der Waals surface area contributed by atoms with Crippen LogP contribution in [0.15, 0.2) is 6.07 Å². The summed E-state index contributed by atoms with van der Waals surface area (Å²) in [5.74, 6) is -0.905. The highest BCUT2D eigenvalue weighted by Crippen LogP contribution is 2.31. The quantitative estimate of drug-likeness (QED) is 0.818. The average Bonchev–Trinajstić information content (AvgIpc) is 2.16. The molecule has 0 aromatic carbocycles. The molecule has 1 N–H and O–H groups in total. The van der Waals surface area contributed by atoms with Gasteiger partial charge in [-0.25, -0.2) is 13.8 Å². The molecule has 0 amide bonds. The standard InChI is InChI=1S/C8H6ClF2NO3/c1-15-8-4(13)2-3(7(10)11)5(12-8)6(9)14/h2,7,13H,1H3. The number of aromatic nitrogens is 1. The van der Waals surface area contributed by atoms with E-state index in [9.17, 15) is 18.7 Å². The summed E-state index contributed by atoms with van der Waals surface area (Å²) in [6, 6.07) is 0.701. The molecule has 0 atom stereocenters. The van der Waals surface area contributed by atoms with E-state index in [0.717, 1.165) is 0 Å². The minimum atomic E-state index is -2.95. The average molecular weight is 238 g/mol. The van der Waals surface area contributed by atoms with Crippen molar-refractivity contribution in [2.75, 3.05) is 7.11 Å². The fourth-order valence-electron chi connectivity index (χ4n) is 0.975. The van der Waals surface area contributed by atoms with E-state index in [-0.39, 0.29) is 5.88 Å². The molecule has 0 saturated carbocycles. The third-order valence-corrected chi connectivity index (χ3v) is 1.79. The van der Waals surface area contributed by atoms with Crippen molar-refractivity contribution in [3.8, 4) is 11.6 Å². The Bertz CT molecular complexity index is 398. The van der Waals surface area contributed by atoms with Crippen LogP contribution in [0.25, 0.3) is 0 Å². The molecule has 7 heteroatoms. The summed E-state index contributed by atoms with van der Waals surface area (Å²) in [5.41, 5.74) is -1.35. The normalized spacial score (nSPS) is 10.5. The Balaban J connectivity index is 3.39. The zero-order valence-electron chi connectivity index (χ0n) is 7.50. The van der Waals surface area contributed by atoms with Crippen LogP contribution in [-0.4, -0.2) is 22.4 Å². The number of methoxy groups -OCH3 is 1. The molecule has 0 fully saturated rings. The molecule has 15 heavy (non-hydrogen) atoms. The first-order valence-electron chi connectivity index (χ1n) is 3.73. The van der Waals surface area contributed by atoms with Gasteiger partial charge in [-0.2, -0.15) is 0 Å². The molecule has 1 rings (SSSR count). The van der Waals surface area contributed by atoms with Crippen molar-refractivity contribution in [3.63, 3.8) is 0 Å². The lowest BCUT2D eigenvalue weighted by Crippen LogP contribution is -2.03. The Hall–Kier alpha value is -1.43. The van der Waals surface area contributed by atoms with E-state index >= 15 is 0 Å². The maximum atomic E-state index is 12.4. The Labute approximate surface area is 88.4 Å². The molecule has 0 aliphatic rings. The zero-order chi connectivity index (χ0) is 11.6. The van der Waals surface area contributed by atoms with Gasteiger partial charge in [-0.1, -0.05) is 0 Å². The number of ether oxygens (including phenoxy) is 1. The van der Waals surface area contributed by atoms with Gasteiger partial charge in [-0.3, -0.25) is 4.79 Å². The summed E-state index contributed by atoms with van der Waals surface area (Å²) in [4.78, 5) is 14.2. The number of pyridine rings is 1. The molecule has 1 aromatic heterocycles. The van der Waals surface area contributed by atoms with Crippen LogP contribution < -0.4 is 4.74 Å². The predicted molar refractivity (Wildman–Crippen MR) is 47.6 cm³/mol. The lowest BCUT2D eigenvalue weighted by Gasteiger charge is -2.08. The van der Waals surface area contributed by atoms with Crippen molar-refractivity contribution in [2.45, 2.75) is 6.43 Å². The highest BCUT2D eigenvalue weighted by Gasteiger charge is 2.22. The summed E-state index contributed by atoms with van der Waals surface area (Å²) < 4.78 is 29.4. The molecule has 0 aliphatic carbocycles. The summed E-state index contributed by atoms with van der Waals surface area (Å²) in [5, 5.41) is 8.04. The predicted octanol–water partition coefficient (Wildman–Crippen LogP) is 2.11. The maximum absolute atomic E-state index is 12.4. The molecule has 1 aromatic rings. The van der Waals surface area contributed by atoms with Crippen LogP contribution in [0.1, 0.15) is 22.5 Å². The summed E-state index contributed by atoms with van der Waals surface area (Å²) in [6.07, 6.45) is -2.95. The molecule has 1 heterocycles. The number of nitrogens with zero attached hydrogens (tertiary/aromatic N) is 1. The van der Waals surface area contributed by atoms with E-state index in [1.54, 1.807) is 0 Å². The highest BCUT2D eigenvalue weighted by atomic mass is 35.5. The van der Waals surface area contributed by atoms with Crippen LogP contribution in [-0.2, 0) is 0 Å². The minimum absolute atomic E-state index is 0.330. The number of hydrogen-bond acceptors (Lipinski definition) is 4. The fraction of sp³-hybridized carbons (Fsp3) is 0.250. The number of hydrogen-bond donors (Lipinski definition) is 1. The number of aromatic hydroxyl groups is 1. The van der Waals surface area contributed by atoms with Gasteiger partial charge in [0.25, 0.3) is 17.5 Å². The third kappa shape index (κ3) is 2.33. The molecule has 0 unspecified atom stereocenters. The van der Waals surface area contributed by atoms with Crippen LogP contribution >= 0.6 is 11.6 Å². The van der Waals surface area contributed by atoms with Crippen molar-refractivity contribution < 1.29 is 23.4 Å². The number of carbonyl (C=O) groups excluding carboxylic acids is 1. The van der Waals surface area contributed by atoms with Crippen molar-refractivity contribution in [1.29, 1.82) is 0 Å². The van der Waals surface area contributed by atoms with Gasteiger partial charge in [0, 0.05) is 0 Å². The Morgan fingerprint density at radius 3 is 2.67 bits per heavy atom. The van der Waals surface area contributed by atoms with Crippen LogP contribution in [0.5, 0.6) is 11.6 Å². The maximum Gasteiger partial charge on any atom is 0.271 e. The largest absolute Gasteiger partial charge is 0.503 e. The third-order valence-electron chi connectivity index (χ3n) is 1.61. The van der Waals surface area contributed by atoms with Crippen molar-refractivity contribution in [3.05, 3.63) is 17.3 Å². The SMILES string of the molecule is COc1nc(C(=O)Cl)c(C(F)F)cc1O. The fourth-order valence-corrected chi connectivity index (χ4v) is 1.13. The lowest BCUT2D eigenvalue weighted by molar-refractivity contribution is 0.105. The van der Waals surface area contributed by atoms with E-state index in [1.807, 2.05) is 0 Å². The summed E-state index contributed by atoms with van der Waals surface area (Å²) >= 11 is 5.06. The monoisotopic (exact) mass is 237 g/mol. The number of alkyl halides is 2. The van der Waals surface area contributed by atoms with E-state index < -0.39 is 28.7 Å². The van der Waals surface area contributed by atoms with Crippen LogP contribution in [0.2, 0.25) is 0 Å². The van der Waals surface area contributed by atoms with Crippen molar-refractivity contribution in [1.82, 2.24) is 4.98 Å². The van der Waals surface area contributed by atoms with Crippen molar-refractivity contribution in [2.24, 2.45) is 0 Å². The topological polar surface area (TPSA) is 59.4 Å². The van der Waals surface area contributed by atoms with Gasteiger partial charge in [-0.05, 0) is 17.7 Å². The van der Waals surface area contributed by atoms with E-state index in [0.29, 0.717) is 6.07 Å². The van der Waals surface area contributed by atoms with E-state index in [4.69, 9.17) is 11.6 Å². The molecular weight excluding hydrogens is 232 g/mol. The second-order valence-electron chi connectivity index (χ2n) is 2.53. The first kappa shape index (κ1) is 11.6. The Morgan fingerprint density at radius 1 is 1.67 bits per heavy atom. The number of halogens is 3. The molecule has 0 saturated heterocycles. The Morgan fingerprint density at radius 2 is 2.27 bits per heavy atom. The van der Waals surface area contributed by atoms with Gasteiger partial charge in [0.2, 0.25) is 0 Å². The van der Waals surface area contributed by atoms with Gasteiger partial charge in [-0.15, -0.1) is 0 Å². The lowest BCUT2D eigenvalue weighted by atomic mass is 10.2. The zero-order valence-corrected chi connectivity index (χ0v) is 8.26. The minimum Gasteiger partial charge on any atom is -0.503 e.